The van der Waals surface area contributed by atoms with E-state index in [2.05, 4.69) is 44.7 Å². The summed E-state index contributed by atoms with van der Waals surface area (Å²) in [6, 6.07) is 16.6. The van der Waals surface area contributed by atoms with Crippen LogP contribution in [0.2, 0.25) is 0 Å². The molecule has 0 radical (unpaired) electrons. The minimum atomic E-state index is -3.56. The quantitative estimate of drug-likeness (QED) is 0.741. The maximum Gasteiger partial charge on any atom is 0.586 e. The molecule has 3 nitrogen and oxygen atoms in total. The number of fused-ring (bicyclic) bond motifs is 3. The van der Waals surface area contributed by atoms with Gasteiger partial charge in [-0.05, 0) is 48.1 Å². The molecule has 3 heterocycles. The molecule has 2 unspecified atom stereocenters. The monoisotopic (exact) mass is 369 g/mol. The maximum absolute atomic E-state index is 13.3. The summed E-state index contributed by atoms with van der Waals surface area (Å²) in [5.74, 6) is 0.223. The number of rotatable bonds is 3. The number of ether oxygens (including phenoxy) is 2. The lowest BCUT2D eigenvalue weighted by Crippen LogP contribution is -2.47. The van der Waals surface area contributed by atoms with Crippen LogP contribution in [0.3, 0.4) is 0 Å². The van der Waals surface area contributed by atoms with Crippen molar-refractivity contribution in [2.45, 2.75) is 50.6 Å². The molecule has 0 N–H and O–H groups in total. The van der Waals surface area contributed by atoms with Crippen LogP contribution in [0.5, 0.6) is 11.5 Å². The van der Waals surface area contributed by atoms with Crippen LogP contribution < -0.4 is 9.47 Å². The third-order valence-corrected chi connectivity index (χ3v) is 5.76. The van der Waals surface area contributed by atoms with E-state index in [1.807, 2.05) is 12.1 Å². The van der Waals surface area contributed by atoms with Crippen molar-refractivity contribution in [2.24, 2.45) is 0 Å². The first-order valence-electron chi connectivity index (χ1n) is 9.48. The molecular formula is C22H21F2NO2. The highest BCUT2D eigenvalue weighted by atomic mass is 19.3. The number of piperidine rings is 1. The third-order valence-electron chi connectivity index (χ3n) is 5.76. The number of alkyl halides is 2. The van der Waals surface area contributed by atoms with Crippen molar-refractivity contribution in [1.82, 2.24) is 4.90 Å². The van der Waals surface area contributed by atoms with Crippen LogP contribution in [0.4, 0.5) is 8.78 Å². The number of nitrogens with zero attached hydrogens (tertiary/aromatic N) is 1. The summed E-state index contributed by atoms with van der Waals surface area (Å²) in [6.45, 7) is 0.952. The molecule has 140 valence electrons. The Bertz CT molecular complexity index is 881. The van der Waals surface area contributed by atoms with E-state index in [0.29, 0.717) is 12.1 Å². The smallest absolute Gasteiger partial charge is 0.395 e. The lowest BCUT2D eigenvalue weighted by Gasteiger charge is -2.45. The number of hydrogen-bond donors (Lipinski definition) is 0. The van der Waals surface area contributed by atoms with Crippen LogP contribution >= 0.6 is 0 Å². The van der Waals surface area contributed by atoms with E-state index in [0.717, 1.165) is 24.9 Å². The van der Waals surface area contributed by atoms with Crippen molar-refractivity contribution in [3.63, 3.8) is 0 Å². The normalized spacial score (nSPS) is 25.9. The van der Waals surface area contributed by atoms with Crippen molar-refractivity contribution < 1.29 is 18.3 Å². The molecule has 1 fully saturated rings. The second-order valence-corrected chi connectivity index (χ2v) is 7.54. The first-order valence-corrected chi connectivity index (χ1v) is 9.48. The first-order chi connectivity index (χ1) is 13.1. The molecule has 2 atom stereocenters. The van der Waals surface area contributed by atoms with Crippen LogP contribution in [0, 0.1) is 0 Å². The molecule has 0 aliphatic carbocycles. The standard InChI is InChI=1S/C22H21F2NO2/c23-22(24)26-20-10-9-16(13-21(20)27-22)17-11-18-7-4-8-19(12-17)25(18)14-15-5-2-1-3-6-15/h1-3,5-6,9-11,13,18-19H,4,7-8,12,14H2. The van der Waals surface area contributed by atoms with E-state index in [1.165, 1.54) is 24.0 Å². The summed E-state index contributed by atoms with van der Waals surface area (Å²) in [4.78, 5) is 2.59. The van der Waals surface area contributed by atoms with Gasteiger partial charge in [-0.15, -0.1) is 8.78 Å². The number of halogens is 2. The van der Waals surface area contributed by atoms with Gasteiger partial charge >= 0.3 is 6.29 Å². The van der Waals surface area contributed by atoms with Crippen molar-refractivity contribution in [3.05, 3.63) is 65.7 Å². The van der Waals surface area contributed by atoms with E-state index >= 15 is 0 Å². The third kappa shape index (κ3) is 3.21. The van der Waals surface area contributed by atoms with E-state index in [4.69, 9.17) is 0 Å². The highest BCUT2D eigenvalue weighted by Crippen LogP contribution is 2.44. The Balaban J connectivity index is 1.41. The van der Waals surface area contributed by atoms with Crippen LogP contribution in [0.15, 0.2) is 54.6 Å². The minimum Gasteiger partial charge on any atom is -0.395 e. The predicted octanol–water partition coefficient (Wildman–Crippen LogP) is 5.22. The molecule has 0 spiro atoms. The van der Waals surface area contributed by atoms with Gasteiger partial charge in [0.2, 0.25) is 0 Å². The van der Waals surface area contributed by atoms with Gasteiger partial charge < -0.3 is 9.47 Å². The van der Waals surface area contributed by atoms with Crippen molar-refractivity contribution >= 4 is 5.57 Å². The molecule has 2 aromatic rings. The average molecular weight is 369 g/mol. The average Bonchev–Trinajstić information content (AvgIpc) is 2.95. The number of hydrogen-bond acceptors (Lipinski definition) is 3. The maximum atomic E-state index is 13.3. The molecule has 3 aliphatic rings. The molecule has 0 amide bonds. The zero-order chi connectivity index (χ0) is 18.4. The van der Waals surface area contributed by atoms with Crippen molar-refractivity contribution in [1.29, 1.82) is 0 Å². The summed E-state index contributed by atoms with van der Waals surface area (Å²) >= 11 is 0. The number of benzene rings is 2. The highest BCUT2D eigenvalue weighted by Gasteiger charge is 2.43. The van der Waals surface area contributed by atoms with Crippen LogP contribution in [0.25, 0.3) is 5.57 Å². The molecule has 2 bridgehead atoms. The van der Waals surface area contributed by atoms with E-state index < -0.39 is 6.29 Å². The van der Waals surface area contributed by atoms with Crippen molar-refractivity contribution in [3.8, 4) is 11.5 Å². The zero-order valence-corrected chi connectivity index (χ0v) is 14.9. The van der Waals surface area contributed by atoms with Gasteiger partial charge in [0, 0.05) is 18.6 Å². The van der Waals surface area contributed by atoms with Gasteiger partial charge in [-0.25, -0.2) is 0 Å². The van der Waals surface area contributed by atoms with Crippen LogP contribution in [-0.4, -0.2) is 23.3 Å². The zero-order valence-electron chi connectivity index (χ0n) is 14.9. The van der Waals surface area contributed by atoms with Gasteiger partial charge in [0.05, 0.1) is 0 Å². The Morgan fingerprint density at radius 3 is 2.63 bits per heavy atom. The largest absolute Gasteiger partial charge is 0.586 e. The molecule has 2 aromatic carbocycles. The molecule has 27 heavy (non-hydrogen) atoms. The second kappa shape index (κ2) is 6.34. The second-order valence-electron chi connectivity index (χ2n) is 7.54. The fourth-order valence-electron chi connectivity index (χ4n) is 4.52. The summed E-state index contributed by atoms with van der Waals surface area (Å²) in [7, 11) is 0. The highest BCUT2D eigenvalue weighted by molar-refractivity contribution is 5.70. The Morgan fingerprint density at radius 2 is 1.81 bits per heavy atom. The van der Waals surface area contributed by atoms with Gasteiger partial charge in [-0.2, -0.15) is 0 Å². The fraction of sp³-hybridized carbons (Fsp3) is 0.364. The molecule has 0 aromatic heterocycles. The van der Waals surface area contributed by atoms with E-state index in [9.17, 15) is 8.78 Å². The van der Waals surface area contributed by atoms with E-state index in [-0.39, 0.29) is 11.5 Å². The fourth-order valence-corrected chi connectivity index (χ4v) is 4.52. The summed E-state index contributed by atoms with van der Waals surface area (Å²) in [5.41, 5.74) is 3.50. The Labute approximate surface area is 157 Å². The van der Waals surface area contributed by atoms with Crippen LogP contribution in [-0.2, 0) is 6.54 Å². The molecule has 5 rings (SSSR count). The lowest BCUT2D eigenvalue weighted by atomic mass is 9.82. The van der Waals surface area contributed by atoms with E-state index in [1.54, 1.807) is 12.1 Å². The molecule has 1 saturated heterocycles. The summed E-state index contributed by atoms with van der Waals surface area (Å²) in [5, 5.41) is 0. The van der Waals surface area contributed by atoms with Gasteiger partial charge in [-0.3, -0.25) is 4.90 Å². The predicted molar refractivity (Wildman–Crippen MR) is 98.7 cm³/mol. The summed E-state index contributed by atoms with van der Waals surface area (Å²) < 4.78 is 35.7. The Hall–Kier alpha value is -2.40. The van der Waals surface area contributed by atoms with Crippen LogP contribution in [0.1, 0.15) is 36.8 Å². The first kappa shape index (κ1) is 16.8. The lowest BCUT2D eigenvalue weighted by molar-refractivity contribution is -0.286. The van der Waals surface area contributed by atoms with Gasteiger partial charge in [0.25, 0.3) is 0 Å². The van der Waals surface area contributed by atoms with Gasteiger partial charge in [0.1, 0.15) is 0 Å². The molecule has 0 saturated carbocycles. The molecular weight excluding hydrogens is 348 g/mol. The van der Waals surface area contributed by atoms with Gasteiger partial charge in [0.15, 0.2) is 11.5 Å². The topological polar surface area (TPSA) is 21.7 Å². The molecule has 5 heteroatoms. The SMILES string of the molecule is FC1(F)Oc2ccc(C3=CC4CCCC(C3)N4Cc3ccccc3)cc2O1. The summed E-state index contributed by atoms with van der Waals surface area (Å²) in [6.07, 6.45) is 3.22. The van der Waals surface area contributed by atoms with Crippen molar-refractivity contribution in [2.75, 3.05) is 0 Å². The minimum absolute atomic E-state index is 0.103. The molecule has 3 aliphatic heterocycles. The van der Waals surface area contributed by atoms with Gasteiger partial charge in [-0.1, -0.05) is 48.9 Å². The Morgan fingerprint density at radius 1 is 1.00 bits per heavy atom. The Kier molecular flexibility index (Phi) is 3.93.